The number of nitrogens with zero attached hydrogens (tertiary/aromatic N) is 1. The molecule has 0 saturated carbocycles. The summed E-state index contributed by atoms with van der Waals surface area (Å²) in [5.74, 6) is -1.26. The highest BCUT2D eigenvalue weighted by molar-refractivity contribution is 6.03. The van der Waals surface area contributed by atoms with Crippen molar-refractivity contribution in [2.24, 2.45) is 0 Å². The quantitative estimate of drug-likeness (QED) is 0.853. The van der Waals surface area contributed by atoms with E-state index in [0.717, 1.165) is 0 Å². The molecule has 2 aromatic heterocycles. The number of aromatic nitrogens is 1. The van der Waals surface area contributed by atoms with Gasteiger partial charge in [0.25, 0.3) is 5.91 Å². The van der Waals surface area contributed by atoms with Gasteiger partial charge in [-0.1, -0.05) is 0 Å². The SMILES string of the molecule is O=C(O)Cc1ccc(NC(=O)c2ccoc2)cn1. The van der Waals surface area contributed by atoms with Crippen molar-refractivity contribution in [3.8, 4) is 0 Å². The van der Waals surface area contributed by atoms with Crippen molar-refractivity contribution >= 4 is 17.6 Å². The Balaban J connectivity index is 2.02. The van der Waals surface area contributed by atoms with Crippen molar-refractivity contribution in [1.29, 1.82) is 0 Å². The number of carboxylic acids is 1. The number of pyridine rings is 1. The monoisotopic (exact) mass is 246 g/mol. The first kappa shape index (κ1) is 11.8. The maximum Gasteiger partial charge on any atom is 0.309 e. The summed E-state index contributed by atoms with van der Waals surface area (Å²) in [6.07, 6.45) is 4.01. The zero-order valence-corrected chi connectivity index (χ0v) is 9.29. The standard InChI is InChI=1S/C12H10N2O4/c15-11(16)5-9-1-2-10(6-13-9)14-12(17)8-3-4-18-7-8/h1-4,6-7H,5H2,(H,14,17)(H,15,16). The molecule has 0 aliphatic carbocycles. The zero-order valence-electron chi connectivity index (χ0n) is 9.29. The number of furan rings is 1. The summed E-state index contributed by atoms with van der Waals surface area (Å²) >= 11 is 0. The first-order valence-electron chi connectivity index (χ1n) is 5.15. The van der Waals surface area contributed by atoms with E-state index in [1.54, 1.807) is 18.2 Å². The number of amides is 1. The molecule has 18 heavy (non-hydrogen) atoms. The van der Waals surface area contributed by atoms with Crippen LogP contribution in [0.5, 0.6) is 0 Å². The minimum Gasteiger partial charge on any atom is -0.481 e. The van der Waals surface area contributed by atoms with Crippen LogP contribution in [0.25, 0.3) is 0 Å². The van der Waals surface area contributed by atoms with Gasteiger partial charge in [0.2, 0.25) is 0 Å². The molecule has 2 rings (SSSR count). The van der Waals surface area contributed by atoms with Crippen molar-refractivity contribution in [2.75, 3.05) is 5.32 Å². The molecule has 0 radical (unpaired) electrons. The predicted molar refractivity (Wildman–Crippen MR) is 62.2 cm³/mol. The van der Waals surface area contributed by atoms with E-state index >= 15 is 0 Å². The van der Waals surface area contributed by atoms with Gasteiger partial charge >= 0.3 is 5.97 Å². The minimum atomic E-state index is -0.947. The highest BCUT2D eigenvalue weighted by Crippen LogP contribution is 2.09. The smallest absolute Gasteiger partial charge is 0.309 e. The van der Waals surface area contributed by atoms with Crippen LogP contribution in [0.2, 0.25) is 0 Å². The Morgan fingerprint density at radius 3 is 2.72 bits per heavy atom. The lowest BCUT2D eigenvalue weighted by Crippen LogP contribution is -2.11. The number of hydrogen-bond acceptors (Lipinski definition) is 4. The van der Waals surface area contributed by atoms with Crippen molar-refractivity contribution in [3.05, 3.63) is 48.2 Å². The fraction of sp³-hybridized carbons (Fsp3) is 0.0833. The van der Waals surface area contributed by atoms with E-state index in [4.69, 9.17) is 9.52 Å². The fourth-order valence-corrected chi connectivity index (χ4v) is 1.35. The van der Waals surface area contributed by atoms with Crippen LogP contribution in [0, 0.1) is 0 Å². The highest BCUT2D eigenvalue weighted by Gasteiger charge is 2.07. The lowest BCUT2D eigenvalue weighted by atomic mass is 10.2. The molecule has 0 spiro atoms. The van der Waals surface area contributed by atoms with E-state index in [1.807, 2.05) is 0 Å². The second-order valence-electron chi connectivity index (χ2n) is 3.57. The Hall–Kier alpha value is -2.63. The first-order valence-corrected chi connectivity index (χ1v) is 5.15. The maximum absolute atomic E-state index is 11.6. The van der Waals surface area contributed by atoms with E-state index in [0.29, 0.717) is 16.9 Å². The Morgan fingerprint density at radius 2 is 2.17 bits per heavy atom. The summed E-state index contributed by atoms with van der Waals surface area (Å²) in [6, 6.07) is 4.70. The van der Waals surface area contributed by atoms with Crippen LogP contribution in [0.4, 0.5) is 5.69 Å². The van der Waals surface area contributed by atoms with Crippen LogP contribution in [0.1, 0.15) is 16.1 Å². The molecule has 0 unspecified atom stereocenters. The molecule has 0 bridgehead atoms. The summed E-state index contributed by atoms with van der Waals surface area (Å²) in [5.41, 5.74) is 1.34. The molecule has 0 aliphatic heterocycles. The zero-order chi connectivity index (χ0) is 13.0. The van der Waals surface area contributed by atoms with Gasteiger partial charge in [0.15, 0.2) is 0 Å². The Morgan fingerprint density at radius 1 is 1.33 bits per heavy atom. The highest BCUT2D eigenvalue weighted by atomic mass is 16.4. The number of rotatable bonds is 4. The summed E-state index contributed by atoms with van der Waals surface area (Å²) < 4.78 is 4.79. The molecule has 6 heteroatoms. The van der Waals surface area contributed by atoms with E-state index in [1.165, 1.54) is 18.7 Å². The Bertz CT molecular complexity index is 546. The normalized spacial score (nSPS) is 10.0. The van der Waals surface area contributed by atoms with Crippen LogP contribution < -0.4 is 5.32 Å². The van der Waals surface area contributed by atoms with Crippen molar-refractivity contribution < 1.29 is 19.1 Å². The molecule has 0 aromatic carbocycles. The fourth-order valence-electron chi connectivity index (χ4n) is 1.35. The molecule has 2 aromatic rings. The molecule has 6 nitrogen and oxygen atoms in total. The number of hydrogen-bond donors (Lipinski definition) is 2. The topological polar surface area (TPSA) is 92.4 Å². The van der Waals surface area contributed by atoms with Gasteiger partial charge in [0.05, 0.1) is 35.8 Å². The van der Waals surface area contributed by atoms with E-state index in [9.17, 15) is 9.59 Å². The van der Waals surface area contributed by atoms with Gasteiger partial charge in [0.1, 0.15) is 6.26 Å². The number of aliphatic carboxylic acids is 1. The lowest BCUT2D eigenvalue weighted by Gasteiger charge is -2.03. The van der Waals surface area contributed by atoms with Crippen molar-refractivity contribution in [2.45, 2.75) is 6.42 Å². The van der Waals surface area contributed by atoms with Gasteiger partial charge in [-0.3, -0.25) is 14.6 Å². The Labute approximate surface area is 102 Å². The molecule has 1 amide bonds. The second kappa shape index (κ2) is 5.13. The summed E-state index contributed by atoms with van der Waals surface area (Å²) in [7, 11) is 0. The molecular weight excluding hydrogens is 236 g/mol. The van der Waals surface area contributed by atoms with E-state index in [2.05, 4.69) is 10.3 Å². The average Bonchev–Trinajstić information content (AvgIpc) is 2.84. The molecule has 0 aliphatic rings. The van der Waals surface area contributed by atoms with E-state index < -0.39 is 5.97 Å². The molecule has 2 heterocycles. The average molecular weight is 246 g/mol. The van der Waals surface area contributed by atoms with Crippen LogP contribution in [-0.2, 0) is 11.2 Å². The third-order valence-electron chi connectivity index (χ3n) is 2.20. The number of carbonyl (C=O) groups excluding carboxylic acids is 1. The largest absolute Gasteiger partial charge is 0.481 e. The van der Waals surface area contributed by atoms with Gasteiger partial charge in [-0.2, -0.15) is 0 Å². The Kier molecular flexibility index (Phi) is 3.38. The molecular formula is C12H10N2O4. The van der Waals surface area contributed by atoms with Crippen LogP contribution in [0.3, 0.4) is 0 Å². The van der Waals surface area contributed by atoms with Gasteiger partial charge in [-0.25, -0.2) is 0 Å². The number of carboxylic acid groups (broad SMARTS) is 1. The van der Waals surface area contributed by atoms with Gasteiger partial charge < -0.3 is 14.8 Å². The summed E-state index contributed by atoms with van der Waals surface area (Å²) in [5, 5.41) is 11.2. The minimum absolute atomic E-state index is 0.143. The van der Waals surface area contributed by atoms with E-state index in [-0.39, 0.29) is 12.3 Å². The number of nitrogens with one attached hydrogen (secondary N) is 1. The summed E-state index contributed by atoms with van der Waals surface area (Å²) in [6.45, 7) is 0. The van der Waals surface area contributed by atoms with Gasteiger partial charge in [0, 0.05) is 0 Å². The molecule has 0 atom stereocenters. The molecule has 0 saturated heterocycles. The van der Waals surface area contributed by atoms with Crippen LogP contribution >= 0.6 is 0 Å². The molecule has 2 N–H and O–H groups in total. The number of anilines is 1. The molecule has 0 fully saturated rings. The van der Waals surface area contributed by atoms with Crippen molar-refractivity contribution in [3.63, 3.8) is 0 Å². The summed E-state index contributed by atoms with van der Waals surface area (Å²) in [4.78, 5) is 26.0. The molecule has 92 valence electrons. The van der Waals surface area contributed by atoms with Gasteiger partial charge in [-0.15, -0.1) is 0 Å². The third-order valence-corrected chi connectivity index (χ3v) is 2.20. The van der Waals surface area contributed by atoms with Crippen LogP contribution in [-0.4, -0.2) is 22.0 Å². The second-order valence-corrected chi connectivity index (χ2v) is 3.57. The van der Waals surface area contributed by atoms with Crippen LogP contribution in [0.15, 0.2) is 41.3 Å². The predicted octanol–water partition coefficient (Wildman–Crippen LogP) is 1.55. The van der Waals surface area contributed by atoms with Crippen molar-refractivity contribution in [1.82, 2.24) is 4.98 Å². The lowest BCUT2D eigenvalue weighted by molar-refractivity contribution is -0.136. The first-order chi connectivity index (χ1) is 8.65. The maximum atomic E-state index is 11.6. The third kappa shape index (κ3) is 2.94. The number of carbonyl (C=O) groups is 2. The van der Waals surface area contributed by atoms with Gasteiger partial charge in [-0.05, 0) is 18.2 Å².